The molecule has 1 saturated carbocycles. The molecule has 5 heteroatoms. The number of aliphatic carboxylic acids is 1. The maximum atomic E-state index is 12.6. The lowest BCUT2D eigenvalue weighted by molar-refractivity contribution is -0.155. The van der Waals surface area contributed by atoms with E-state index < -0.39 is 12.0 Å². The fourth-order valence-electron chi connectivity index (χ4n) is 3.80. The lowest BCUT2D eigenvalue weighted by Gasteiger charge is -2.35. The molecule has 1 aliphatic heterocycles. The maximum Gasteiger partial charge on any atom is 0.326 e. The quantitative estimate of drug-likeness (QED) is 0.921. The van der Waals surface area contributed by atoms with E-state index in [9.17, 15) is 14.7 Å². The van der Waals surface area contributed by atoms with Crippen molar-refractivity contribution in [3.05, 3.63) is 35.4 Å². The maximum absolute atomic E-state index is 12.6. The summed E-state index contributed by atoms with van der Waals surface area (Å²) in [5.41, 5.74) is 2.03. The summed E-state index contributed by atoms with van der Waals surface area (Å²) in [5.74, 6) is -0.720. The Morgan fingerprint density at radius 2 is 1.92 bits per heavy atom. The molecular weight excluding hydrogens is 306 g/mol. The minimum atomic E-state index is -0.955. The molecule has 1 aliphatic carbocycles. The molecule has 3 rings (SSSR count). The van der Waals surface area contributed by atoms with E-state index in [0.717, 1.165) is 30.4 Å². The third-order valence-electron chi connectivity index (χ3n) is 5.31. The summed E-state index contributed by atoms with van der Waals surface area (Å²) in [6, 6.07) is 6.91. The van der Waals surface area contributed by atoms with Crippen LogP contribution in [0.3, 0.4) is 0 Å². The molecule has 3 atom stereocenters. The molecular formula is C19H25NO4. The van der Waals surface area contributed by atoms with E-state index in [2.05, 4.69) is 6.92 Å². The second-order valence-corrected chi connectivity index (χ2v) is 6.96. The number of fused-ring (bicyclic) bond motifs is 1. The Kier molecular flexibility index (Phi) is 5.19. The first kappa shape index (κ1) is 17.0. The summed E-state index contributed by atoms with van der Waals surface area (Å²) in [6.45, 7) is 2.47. The van der Waals surface area contributed by atoms with E-state index in [1.54, 1.807) is 0 Å². The van der Waals surface area contributed by atoms with Gasteiger partial charge in [0.15, 0.2) is 0 Å². The third kappa shape index (κ3) is 3.61. The molecule has 1 heterocycles. The molecule has 24 heavy (non-hydrogen) atoms. The molecule has 1 fully saturated rings. The number of benzene rings is 1. The average Bonchev–Trinajstić information content (AvgIpc) is 2.59. The number of carboxylic acids is 1. The number of carboxylic acid groups (broad SMARTS) is 1. The molecule has 0 radical (unpaired) electrons. The summed E-state index contributed by atoms with van der Waals surface area (Å²) < 4.78 is 5.84. The topological polar surface area (TPSA) is 66.8 Å². The Hall–Kier alpha value is -1.88. The Bertz CT molecular complexity index is 615. The molecule has 1 amide bonds. The molecule has 130 valence electrons. The van der Waals surface area contributed by atoms with Crippen molar-refractivity contribution in [3.63, 3.8) is 0 Å². The molecule has 0 aromatic heterocycles. The summed E-state index contributed by atoms with van der Waals surface area (Å²) in [5, 5.41) is 9.51. The van der Waals surface area contributed by atoms with Crippen LogP contribution >= 0.6 is 0 Å². The Balaban J connectivity index is 1.67. The van der Waals surface area contributed by atoms with Crippen LogP contribution in [0, 0.1) is 5.92 Å². The van der Waals surface area contributed by atoms with Crippen LogP contribution in [-0.4, -0.2) is 40.6 Å². The van der Waals surface area contributed by atoms with Crippen LogP contribution in [0.1, 0.15) is 43.7 Å². The number of hydrogen-bond donors (Lipinski definition) is 1. The normalized spacial score (nSPS) is 26.7. The molecule has 1 aromatic carbocycles. The lowest BCUT2D eigenvalue weighted by atomic mass is 9.88. The fraction of sp³-hybridized carbons (Fsp3) is 0.579. The van der Waals surface area contributed by atoms with E-state index in [1.165, 1.54) is 11.3 Å². The van der Waals surface area contributed by atoms with Crippen LogP contribution in [-0.2, 0) is 27.3 Å². The SMILES string of the molecule is CC1CCCCC1OCC(=O)N1Cc2ccccc2CC1C(=O)O. The second-order valence-electron chi connectivity index (χ2n) is 6.96. The van der Waals surface area contributed by atoms with Crippen molar-refractivity contribution in [1.82, 2.24) is 4.90 Å². The predicted molar refractivity (Wildman–Crippen MR) is 89.5 cm³/mol. The van der Waals surface area contributed by atoms with Gasteiger partial charge in [0, 0.05) is 13.0 Å². The molecule has 0 saturated heterocycles. The van der Waals surface area contributed by atoms with Gasteiger partial charge < -0.3 is 14.7 Å². The molecule has 2 aliphatic rings. The molecule has 1 aromatic rings. The second kappa shape index (κ2) is 7.34. The highest BCUT2D eigenvalue weighted by Gasteiger charge is 2.35. The smallest absolute Gasteiger partial charge is 0.326 e. The minimum Gasteiger partial charge on any atom is -0.480 e. The van der Waals surface area contributed by atoms with Crippen molar-refractivity contribution in [3.8, 4) is 0 Å². The Morgan fingerprint density at radius 1 is 1.21 bits per heavy atom. The minimum absolute atomic E-state index is 0.0268. The third-order valence-corrected chi connectivity index (χ3v) is 5.31. The van der Waals surface area contributed by atoms with Crippen molar-refractivity contribution in [2.45, 2.75) is 57.7 Å². The highest BCUT2D eigenvalue weighted by Crippen LogP contribution is 2.27. The first-order valence-electron chi connectivity index (χ1n) is 8.77. The van der Waals surface area contributed by atoms with Crippen molar-refractivity contribution in [2.75, 3.05) is 6.61 Å². The molecule has 0 spiro atoms. The summed E-state index contributed by atoms with van der Waals surface area (Å²) >= 11 is 0. The van der Waals surface area contributed by atoms with E-state index >= 15 is 0 Å². The van der Waals surface area contributed by atoms with Gasteiger partial charge >= 0.3 is 5.97 Å². The van der Waals surface area contributed by atoms with Gasteiger partial charge in [0.25, 0.3) is 0 Å². The van der Waals surface area contributed by atoms with Crippen LogP contribution in [0.5, 0.6) is 0 Å². The zero-order chi connectivity index (χ0) is 17.1. The summed E-state index contributed by atoms with van der Waals surface area (Å²) in [4.78, 5) is 25.7. The zero-order valence-corrected chi connectivity index (χ0v) is 14.1. The van der Waals surface area contributed by atoms with Gasteiger partial charge in [-0.05, 0) is 29.9 Å². The van der Waals surface area contributed by atoms with Crippen LogP contribution < -0.4 is 0 Å². The number of amides is 1. The first-order valence-corrected chi connectivity index (χ1v) is 8.77. The van der Waals surface area contributed by atoms with Crippen molar-refractivity contribution < 1.29 is 19.4 Å². The van der Waals surface area contributed by atoms with E-state index in [1.807, 2.05) is 24.3 Å². The first-order chi connectivity index (χ1) is 11.6. The molecule has 5 nitrogen and oxygen atoms in total. The van der Waals surface area contributed by atoms with Gasteiger partial charge in [0.2, 0.25) is 5.91 Å². The standard InChI is InChI=1S/C19H25NO4/c1-13-6-2-5-9-17(13)24-12-18(21)20-11-15-8-4-3-7-14(15)10-16(20)19(22)23/h3-4,7-8,13,16-17H,2,5-6,9-12H2,1H3,(H,22,23). The van der Waals surface area contributed by atoms with Crippen LogP contribution in [0.25, 0.3) is 0 Å². The van der Waals surface area contributed by atoms with Crippen molar-refractivity contribution in [2.24, 2.45) is 5.92 Å². The van der Waals surface area contributed by atoms with Crippen molar-refractivity contribution in [1.29, 1.82) is 0 Å². The van der Waals surface area contributed by atoms with Crippen molar-refractivity contribution >= 4 is 11.9 Å². The average molecular weight is 331 g/mol. The van der Waals surface area contributed by atoms with Gasteiger partial charge in [0.1, 0.15) is 12.6 Å². The lowest BCUT2D eigenvalue weighted by Crippen LogP contribution is -2.50. The van der Waals surface area contributed by atoms with Gasteiger partial charge in [-0.1, -0.05) is 44.0 Å². The molecule has 0 bridgehead atoms. The predicted octanol–water partition coefficient (Wildman–Crippen LogP) is 2.62. The number of carbonyl (C=O) groups is 2. The highest BCUT2D eigenvalue weighted by molar-refractivity contribution is 5.85. The fourth-order valence-corrected chi connectivity index (χ4v) is 3.80. The zero-order valence-electron chi connectivity index (χ0n) is 14.1. The summed E-state index contributed by atoms with van der Waals surface area (Å²) in [7, 11) is 0. The number of ether oxygens (including phenoxy) is 1. The molecule has 1 N–H and O–H groups in total. The van der Waals surface area contributed by atoms with E-state index in [-0.39, 0.29) is 18.6 Å². The van der Waals surface area contributed by atoms with E-state index in [4.69, 9.17) is 4.74 Å². The van der Waals surface area contributed by atoms with Gasteiger partial charge in [-0.25, -0.2) is 4.79 Å². The van der Waals surface area contributed by atoms with Crippen LogP contribution in [0.4, 0.5) is 0 Å². The van der Waals surface area contributed by atoms with Crippen LogP contribution in [0.2, 0.25) is 0 Å². The van der Waals surface area contributed by atoms with Gasteiger partial charge in [-0.3, -0.25) is 4.79 Å². The Morgan fingerprint density at radius 3 is 2.62 bits per heavy atom. The Labute approximate surface area is 142 Å². The molecule has 3 unspecified atom stereocenters. The van der Waals surface area contributed by atoms with Gasteiger partial charge in [-0.2, -0.15) is 0 Å². The number of hydrogen-bond acceptors (Lipinski definition) is 3. The van der Waals surface area contributed by atoms with Gasteiger partial charge in [0.05, 0.1) is 6.10 Å². The number of nitrogens with zero attached hydrogens (tertiary/aromatic N) is 1. The van der Waals surface area contributed by atoms with E-state index in [0.29, 0.717) is 18.9 Å². The summed E-state index contributed by atoms with van der Waals surface area (Å²) in [6.07, 6.45) is 4.95. The number of carbonyl (C=O) groups excluding carboxylic acids is 1. The largest absolute Gasteiger partial charge is 0.480 e. The van der Waals surface area contributed by atoms with Gasteiger partial charge in [-0.15, -0.1) is 0 Å². The highest BCUT2D eigenvalue weighted by atomic mass is 16.5. The number of rotatable bonds is 4. The van der Waals surface area contributed by atoms with Crippen LogP contribution in [0.15, 0.2) is 24.3 Å². The monoisotopic (exact) mass is 331 g/mol.